The number of nitriles is 1. The van der Waals surface area contributed by atoms with Gasteiger partial charge in [0.05, 0.1) is 36.1 Å². The van der Waals surface area contributed by atoms with Crippen molar-refractivity contribution in [1.82, 2.24) is 19.5 Å². The molecule has 0 radical (unpaired) electrons. The van der Waals surface area contributed by atoms with Gasteiger partial charge in [0, 0.05) is 37.5 Å². The van der Waals surface area contributed by atoms with E-state index in [4.69, 9.17) is 4.74 Å². The van der Waals surface area contributed by atoms with Crippen LogP contribution >= 0.6 is 0 Å². The molecule has 1 fully saturated rings. The SMILES string of the molecule is CCOc1cc(-c2ccc(N3CCC[C@H](N(C)C(=O)O)C3)nc2)c2c(C#N)cnn2c1. The summed E-state index contributed by atoms with van der Waals surface area (Å²) >= 11 is 0. The van der Waals surface area contributed by atoms with Gasteiger partial charge in [-0.2, -0.15) is 10.4 Å². The van der Waals surface area contributed by atoms with Crippen molar-refractivity contribution in [3.8, 4) is 22.9 Å². The van der Waals surface area contributed by atoms with Gasteiger partial charge in [-0.3, -0.25) is 0 Å². The van der Waals surface area contributed by atoms with E-state index < -0.39 is 6.09 Å². The standard InChI is InChI=1S/C22H24N6O3/c1-3-31-18-9-19(21-16(10-23)12-25-28(21)14-18)15-6-7-20(24-11-15)27-8-4-5-17(13-27)26(2)22(29)30/h6-7,9,11-12,14,17H,3-5,8,13H2,1-2H3,(H,29,30)/t17-/m0/s1. The first-order chi connectivity index (χ1) is 15.0. The second-order valence-corrected chi connectivity index (χ2v) is 7.53. The molecule has 0 spiro atoms. The molecule has 0 aromatic carbocycles. The molecule has 0 bridgehead atoms. The number of hydrogen-bond donors (Lipinski definition) is 1. The molecule has 31 heavy (non-hydrogen) atoms. The number of hydrogen-bond acceptors (Lipinski definition) is 6. The van der Waals surface area contributed by atoms with Crippen molar-refractivity contribution in [2.24, 2.45) is 0 Å². The highest BCUT2D eigenvalue weighted by Gasteiger charge is 2.26. The van der Waals surface area contributed by atoms with Gasteiger partial charge in [-0.25, -0.2) is 14.3 Å². The van der Waals surface area contributed by atoms with Crippen molar-refractivity contribution < 1.29 is 14.6 Å². The number of pyridine rings is 2. The highest BCUT2D eigenvalue weighted by Crippen LogP contribution is 2.31. The van der Waals surface area contributed by atoms with E-state index in [1.54, 1.807) is 30.2 Å². The van der Waals surface area contributed by atoms with Gasteiger partial charge < -0.3 is 19.6 Å². The minimum Gasteiger partial charge on any atom is -0.492 e. The normalized spacial score (nSPS) is 16.2. The average molecular weight is 420 g/mol. The lowest BCUT2D eigenvalue weighted by molar-refractivity contribution is 0.133. The Morgan fingerprint density at radius 2 is 2.26 bits per heavy atom. The molecule has 0 unspecified atom stereocenters. The number of piperidine rings is 1. The number of ether oxygens (including phenoxy) is 1. The number of anilines is 1. The highest BCUT2D eigenvalue weighted by molar-refractivity contribution is 5.85. The van der Waals surface area contributed by atoms with Crippen LogP contribution in [0.2, 0.25) is 0 Å². The molecule has 1 N–H and O–H groups in total. The summed E-state index contributed by atoms with van der Waals surface area (Å²) in [5.74, 6) is 1.47. The summed E-state index contributed by atoms with van der Waals surface area (Å²) in [4.78, 5) is 19.4. The smallest absolute Gasteiger partial charge is 0.407 e. The second kappa shape index (κ2) is 8.52. The van der Waals surface area contributed by atoms with Gasteiger partial charge in [0.2, 0.25) is 0 Å². The maximum Gasteiger partial charge on any atom is 0.407 e. The van der Waals surface area contributed by atoms with Crippen LogP contribution in [0.25, 0.3) is 16.6 Å². The number of amides is 1. The highest BCUT2D eigenvalue weighted by atomic mass is 16.5. The van der Waals surface area contributed by atoms with Crippen LogP contribution in [0, 0.1) is 11.3 Å². The van der Waals surface area contributed by atoms with E-state index >= 15 is 0 Å². The summed E-state index contributed by atoms with van der Waals surface area (Å²) in [5.41, 5.74) is 2.86. The lowest BCUT2D eigenvalue weighted by Gasteiger charge is -2.37. The predicted octanol–water partition coefficient (Wildman–Crippen LogP) is 3.25. The first-order valence-corrected chi connectivity index (χ1v) is 10.2. The summed E-state index contributed by atoms with van der Waals surface area (Å²) in [5, 5.41) is 23.0. The van der Waals surface area contributed by atoms with Crippen molar-refractivity contribution in [3.05, 3.63) is 42.4 Å². The zero-order valence-electron chi connectivity index (χ0n) is 17.5. The molecule has 9 heteroatoms. The summed E-state index contributed by atoms with van der Waals surface area (Å²) < 4.78 is 7.32. The topological polar surface area (TPSA) is 107 Å². The minimum absolute atomic E-state index is 0.0554. The minimum atomic E-state index is -0.914. The second-order valence-electron chi connectivity index (χ2n) is 7.53. The Balaban J connectivity index is 1.65. The summed E-state index contributed by atoms with van der Waals surface area (Å²) in [6.45, 7) is 3.88. The molecule has 0 saturated carbocycles. The summed E-state index contributed by atoms with van der Waals surface area (Å²) in [7, 11) is 1.61. The summed E-state index contributed by atoms with van der Waals surface area (Å²) in [6.07, 6.45) is 5.92. The third kappa shape index (κ3) is 3.97. The number of carboxylic acid groups (broad SMARTS) is 1. The Morgan fingerprint density at radius 3 is 2.94 bits per heavy atom. The van der Waals surface area contributed by atoms with Crippen LogP contribution in [0.5, 0.6) is 5.75 Å². The van der Waals surface area contributed by atoms with E-state index in [9.17, 15) is 15.2 Å². The molecule has 160 valence electrons. The molecule has 0 aliphatic carbocycles. The molecule has 3 aromatic heterocycles. The number of likely N-dealkylation sites (N-methyl/N-ethyl adjacent to an activating group) is 1. The number of aromatic nitrogens is 3. The molecular weight excluding hydrogens is 396 g/mol. The molecular formula is C22H24N6O3. The van der Waals surface area contributed by atoms with Crippen molar-refractivity contribution in [3.63, 3.8) is 0 Å². The number of fused-ring (bicyclic) bond motifs is 1. The van der Waals surface area contributed by atoms with Crippen LogP contribution in [-0.2, 0) is 0 Å². The third-order valence-corrected chi connectivity index (χ3v) is 5.65. The van der Waals surface area contributed by atoms with E-state index in [0.717, 1.165) is 36.3 Å². The number of carbonyl (C=O) groups is 1. The van der Waals surface area contributed by atoms with Crippen LogP contribution in [0.3, 0.4) is 0 Å². The van der Waals surface area contributed by atoms with Crippen molar-refractivity contribution >= 4 is 17.4 Å². The van der Waals surface area contributed by atoms with Crippen molar-refractivity contribution in [1.29, 1.82) is 5.26 Å². The molecule has 1 aliphatic rings. The quantitative estimate of drug-likeness (QED) is 0.675. The monoisotopic (exact) mass is 420 g/mol. The maximum atomic E-state index is 11.3. The fraction of sp³-hybridized carbons (Fsp3) is 0.364. The zero-order chi connectivity index (χ0) is 22.0. The van der Waals surface area contributed by atoms with E-state index in [1.165, 1.54) is 4.90 Å². The number of nitrogens with zero attached hydrogens (tertiary/aromatic N) is 6. The maximum absolute atomic E-state index is 11.3. The van der Waals surface area contributed by atoms with Gasteiger partial charge in [-0.05, 0) is 38.0 Å². The number of rotatable bonds is 5. The molecule has 1 atom stereocenters. The first-order valence-electron chi connectivity index (χ1n) is 10.2. The van der Waals surface area contributed by atoms with Crippen molar-refractivity contribution in [2.45, 2.75) is 25.8 Å². The Kier molecular flexibility index (Phi) is 5.62. The van der Waals surface area contributed by atoms with Gasteiger partial charge in [-0.15, -0.1) is 0 Å². The van der Waals surface area contributed by atoms with Crippen molar-refractivity contribution in [2.75, 3.05) is 31.6 Å². The average Bonchev–Trinajstić information content (AvgIpc) is 3.21. The molecule has 4 heterocycles. The molecule has 1 amide bonds. The lowest BCUT2D eigenvalue weighted by Crippen LogP contribution is -2.48. The Hall–Kier alpha value is -3.80. The molecule has 4 rings (SSSR count). The Bertz CT molecular complexity index is 1130. The van der Waals surface area contributed by atoms with Crippen LogP contribution in [-0.4, -0.2) is 63.5 Å². The van der Waals surface area contributed by atoms with E-state index in [0.29, 0.717) is 30.0 Å². The van der Waals surface area contributed by atoms with Crippen LogP contribution in [0.1, 0.15) is 25.3 Å². The Labute approximate surface area is 180 Å². The Morgan fingerprint density at radius 1 is 1.42 bits per heavy atom. The van der Waals surface area contributed by atoms with Gasteiger partial charge in [0.15, 0.2) is 0 Å². The third-order valence-electron chi connectivity index (χ3n) is 5.65. The van der Waals surface area contributed by atoms with Gasteiger partial charge in [0.25, 0.3) is 0 Å². The van der Waals surface area contributed by atoms with E-state index in [2.05, 4.69) is 21.1 Å². The largest absolute Gasteiger partial charge is 0.492 e. The molecule has 1 aliphatic heterocycles. The lowest BCUT2D eigenvalue weighted by atomic mass is 10.0. The molecule has 1 saturated heterocycles. The summed E-state index contributed by atoms with van der Waals surface area (Å²) in [6, 6.07) is 7.94. The van der Waals surface area contributed by atoms with Gasteiger partial charge in [-0.1, -0.05) is 0 Å². The van der Waals surface area contributed by atoms with E-state index in [1.807, 2.05) is 25.1 Å². The zero-order valence-corrected chi connectivity index (χ0v) is 17.5. The molecule has 3 aromatic rings. The van der Waals surface area contributed by atoms with Gasteiger partial charge in [0.1, 0.15) is 17.6 Å². The molecule has 9 nitrogen and oxygen atoms in total. The fourth-order valence-corrected chi connectivity index (χ4v) is 4.01. The first kappa shape index (κ1) is 20.5. The van der Waals surface area contributed by atoms with Crippen LogP contribution < -0.4 is 9.64 Å². The van der Waals surface area contributed by atoms with Crippen LogP contribution in [0.4, 0.5) is 10.6 Å². The van der Waals surface area contributed by atoms with E-state index in [-0.39, 0.29) is 6.04 Å². The van der Waals surface area contributed by atoms with Gasteiger partial charge >= 0.3 is 6.09 Å². The fourth-order valence-electron chi connectivity index (χ4n) is 4.01. The van der Waals surface area contributed by atoms with Crippen LogP contribution in [0.15, 0.2) is 36.8 Å². The predicted molar refractivity (Wildman–Crippen MR) is 115 cm³/mol.